The van der Waals surface area contributed by atoms with Crippen LogP contribution in [0.3, 0.4) is 0 Å². The molecule has 0 radical (unpaired) electrons. The topological polar surface area (TPSA) is 35.0 Å². The van der Waals surface area contributed by atoms with Gasteiger partial charge in [0.25, 0.3) is 0 Å². The lowest BCUT2D eigenvalue weighted by molar-refractivity contribution is 0.432. The second-order valence-electron chi connectivity index (χ2n) is 16.2. The van der Waals surface area contributed by atoms with Crippen LogP contribution in [0, 0.1) is 0 Å². The summed E-state index contributed by atoms with van der Waals surface area (Å²) < 4.78 is 6.88. The van der Waals surface area contributed by atoms with Crippen molar-refractivity contribution in [3.05, 3.63) is 228 Å². The molecule has 1 atom stereocenters. The molecular weight excluding hydrogens is 729 g/mol. The third-order valence-electron chi connectivity index (χ3n) is 13.0. The fourth-order valence-corrected chi connectivity index (χ4v) is 10.3. The normalized spacial score (nSPS) is 17.2. The molecule has 3 aliphatic carbocycles. The molecule has 0 N–H and O–H groups in total. The quantitative estimate of drug-likeness (QED) is 0.175. The van der Waals surface area contributed by atoms with Crippen LogP contribution in [-0.2, 0) is 5.41 Å². The highest BCUT2D eigenvalue weighted by Crippen LogP contribution is 2.63. The fourth-order valence-electron chi connectivity index (χ4n) is 10.3. The van der Waals surface area contributed by atoms with E-state index in [4.69, 9.17) is 14.7 Å². The van der Waals surface area contributed by atoms with Crippen molar-refractivity contribution in [1.82, 2.24) is 9.97 Å². The maximum Gasteiger partial charge on any atom is 0.160 e. The summed E-state index contributed by atoms with van der Waals surface area (Å²) in [6, 6.07) is 58.9. The standard InChI is InChI=1S/C57H40N2O/c1-3-16-37(17-4-1)42-31-32-47(44-23-8-7-22-43(42)44)53-36-52(38-18-5-2-6-19-38)58-56(59-53)41-21-15-20-39(34-41)40-30-33-51-55(35-40)60-54-29-14-13-28-50(54)57(51)48-26-11-9-24-45(48)46-25-10-12-27-49(46)57/h1-3,5-11,13-16,18-26,28-36H,4,12,17,27H2. The molecule has 0 bridgehead atoms. The van der Waals surface area contributed by atoms with Crippen molar-refractivity contribution < 1.29 is 4.74 Å². The number of rotatable bonds is 5. The molecule has 0 saturated heterocycles. The van der Waals surface area contributed by atoms with Gasteiger partial charge in [0.1, 0.15) is 11.5 Å². The largest absolute Gasteiger partial charge is 0.457 e. The second kappa shape index (κ2) is 13.9. The van der Waals surface area contributed by atoms with Crippen LogP contribution in [0.25, 0.3) is 66.9 Å². The first-order chi connectivity index (χ1) is 29.7. The van der Waals surface area contributed by atoms with E-state index in [1.165, 1.54) is 55.3 Å². The van der Waals surface area contributed by atoms with Crippen LogP contribution < -0.4 is 4.74 Å². The Morgan fingerprint density at radius 1 is 0.467 bits per heavy atom. The Morgan fingerprint density at radius 2 is 1.17 bits per heavy atom. The van der Waals surface area contributed by atoms with E-state index in [-0.39, 0.29) is 0 Å². The summed E-state index contributed by atoms with van der Waals surface area (Å²) in [7, 11) is 0. The number of aromatic nitrogens is 2. The first-order valence-electron chi connectivity index (χ1n) is 21.1. The highest BCUT2D eigenvalue weighted by Gasteiger charge is 2.52. The number of benzene rings is 7. The molecule has 1 aliphatic heterocycles. The molecule has 284 valence electrons. The molecule has 7 aromatic carbocycles. The van der Waals surface area contributed by atoms with E-state index in [2.05, 4.69) is 188 Å². The lowest BCUT2D eigenvalue weighted by Crippen LogP contribution is -2.33. The molecule has 60 heavy (non-hydrogen) atoms. The van der Waals surface area contributed by atoms with Crippen molar-refractivity contribution >= 4 is 21.9 Å². The minimum atomic E-state index is -0.407. The minimum absolute atomic E-state index is 0.407. The van der Waals surface area contributed by atoms with Crippen molar-refractivity contribution in [3.63, 3.8) is 0 Å². The van der Waals surface area contributed by atoms with E-state index >= 15 is 0 Å². The van der Waals surface area contributed by atoms with Gasteiger partial charge in [0.2, 0.25) is 0 Å². The van der Waals surface area contributed by atoms with Gasteiger partial charge in [0, 0.05) is 27.8 Å². The Balaban J connectivity index is 0.993. The van der Waals surface area contributed by atoms with Gasteiger partial charge in [-0.3, -0.25) is 0 Å². The maximum atomic E-state index is 6.88. The average molecular weight is 769 g/mol. The Morgan fingerprint density at radius 3 is 2.05 bits per heavy atom. The van der Waals surface area contributed by atoms with Crippen LogP contribution in [0.4, 0.5) is 0 Å². The zero-order valence-electron chi connectivity index (χ0n) is 33.1. The van der Waals surface area contributed by atoms with Crippen molar-refractivity contribution in [2.75, 3.05) is 0 Å². The minimum Gasteiger partial charge on any atom is -0.457 e. The number of hydrogen-bond donors (Lipinski definition) is 0. The van der Waals surface area contributed by atoms with E-state index in [1.807, 2.05) is 6.07 Å². The lowest BCUT2D eigenvalue weighted by atomic mass is 9.64. The van der Waals surface area contributed by atoms with Gasteiger partial charge < -0.3 is 4.74 Å². The molecule has 1 aromatic heterocycles. The molecular formula is C57H40N2O. The van der Waals surface area contributed by atoms with Crippen LogP contribution in [-0.4, -0.2) is 9.97 Å². The van der Waals surface area contributed by atoms with Crippen molar-refractivity contribution in [2.45, 2.75) is 31.1 Å². The van der Waals surface area contributed by atoms with Crippen LogP contribution >= 0.6 is 0 Å². The number of fused-ring (bicyclic) bond motifs is 9. The number of para-hydroxylation sites is 1. The van der Waals surface area contributed by atoms with Gasteiger partial charge in [-0.2, -0.15) is 0 Å². The summed E-state index contributed by atoms with van der Waals surface area (Å²) in [6.45, 7) is 0. The van der Waals surface area contributed by atoms with Gasteiger partial charge in [-0.1, -0.05) is 170 Å². The number of ether oxygens (including phenoxy) is 1. The highest BCUT2D eigenvalue weighted by molar-refractivity contribution is 6.03. The Labute approximate surface area is 350 Å². The zero-order chi connectivity index (χ0) is 39.6. The maximum absolute atomic E-state index is 6.88. The van der Waals surface area contributed by atoms with E-state index in [9.17, 15) is 0 Å². The molecule has 0 saturated carbocycles. The summed E-state index contributed by atoms with van der Waals surface area (Å²) >= 11 is 0. The molecule has 1 spiro atoms. The molecule has 0 amide bonds. The number of hydrogen-bond acceptors (Lipinski definition) is 3. The Kier molecular flexibility index (Phi) is 8.02. The summed E-state index contributed by atoms with van der Waals surface area (Å²) in [5.74, 6) is 2.51. The SMILES string of the molecule is C1=CCCC(c2ccc(-c3cc(-c4ccccc4)nc(-c4cccc(-c5ccc6c(c5)Oc5ccccc5C65C6=C(C=CCC6)c6ccccc65)c4)n3)c3ccccc23)=C1. The molecule has 12 rings (SSSR count). The first-order valence-corrected chi connectivity index (χ1v) is 21.1. The predicted molar refractivity (Wildman–Crippen MR) is 246 cm³/mol. The summed E-state index contributed by atoms with van der Waals surface area (Å²) in [5.41, 5.74) is 17.2. The molecule has 1 unspecified atom stereocenters. The van der Waals surface area contributed by atoms with E-state index in [1.54, 1.807) is 0 Å². The second-order valence-corrected chi connectivity index (χ2v) is 16.2. The Hall–Kier alpha value is -7.36. The predicted octanol–water partition coefficient (Wildman–Crippen LogP) is 14.6. The summed E-state index contributed by atoms with van der Waals surface area (Å²) in [6.07, 6.45) is 15.5. The van der Waals surface area contributed by atoms with Crippen LogP contribution in [0.2, 0.25) is 0 Å². The molecule has 4 aliphatic rings. The van der Waals surface area contributed by atoms with Gasteiger partial charge in [-0.05, 0) is 105 Å². The van der Waals surface area contributed by atoms with E-state index < -0.39 is 5.41 Å². The first kappa shape index (κ1) is 34.7. The van der Waals surface area contributed by atoms with Crippen LogP contribution in [0.5, 0.6) is 11.5 Å². The van der Waals surface area contributed by atoms with E-state index in [0.29, 0.717) is 5.82 Å². The molecule has 8 aromatic rings. The van der Waals surface area contributed by atoms with Gasteiger partial charge in [-0.25, -0.2) is 9.97 Å². The monoisotopic (exact) mass is 768 g/mol. The van der Waals surface area contributed by atoms with Crippen molar-refractivity contribution in [3.8, 4) is 56.5 Å². The lowest BCUT2D eigenvalue weighted by Gasteiger charge is -2.41. The van der Waals surface area contributed by atoms with Crippen LogP contribution in [0.1, 0.15) is 53.5 Å². The smallest absolute Gasteiger partial charge is 0.160 e. The average Bonchev–Trinajstić information content (AvgIpc) is 3.62. The molecule has 0 fully saturated rings. The van der Waals surface area contributed by atoms with E-state index in [0.717, 1.165) is 76.4 Å². The van der Waals surface area contributed by atoms with Crippen molar-refractivity contribution in [2.24, 2.45) is 0 Å². The highest BCUT2D eigenvalue weighted by atomic mass is 16.5. The Bertz CT molecular complexity index is 3180. The molecule has 3 nitrogen and oxygen atoms in total. The summed E-state index contributed by atoms with van der Waals surface area (Å²) in [4.78, 5) is 10.6. The molecule has 2 heterocycles. The van der Waals surface area contributed by atoms with Gasteiger partial charge >= 0.3 is 0 Å². The fraction of sp³-hybridized carbons (Fsp3) is 0.0877. The van der Waals surface area contributed by atoms with Gasteiger partial charge in [0.05, 0.1) is 16.8 Å². The zero-order valence-corrected chi connectivity index (χ0v) is 33.1. The number of allylic oxidation sites excluding steroid dienone is 8. The van der Waals surface area contributed by atoms with Crippen LogP contribution in [0.15, 0.2) is 200 Å². The van der Waals surface area contributed by atoms with Gasteiger partial charge in [0.15, 0.2) is 5.82 Å². The third kappa shape index (κ3) is 5.36. The van der Waals surface area contributed by atoms with Crippen molar-refractivity contribution in [1.29, 1.82) is 0 Å². The molecule has 3 heteroatoms. The van der Waals surface area contributed by atoms with Gasteiger partial charge in [-0.15, -0.1) is 0 Å². The number of nitrogens with zero attached hydrogens (tertiary/aromatic N) is 2. The summed E-state index contributed by atoms with van der Waals surface area (Å²) in [5, 5.41) is 2.43. The third-order valence-corrected chi connectivity index (χ3v) is 13.0.